The zero-order valence-electron chi connectivity index (χ0n) is 10.5. The number of hydrogen-bond acceptors (Lipinski definition) is 5. The maximum atomic E-state index is 12.5. The smallest absolute Gasteiger partial charge is 0.324 e. The first-order valence-corrected chi connectivity index (χ1v) is 5.89. The van der Waals surface area contributed by atoms with Crippen LogP contribution in [0.1, 0.15) is 5.56 Å². The number of nitrogens with one attached hydrogen (secondary N) is 3. The van der Waals surface area contributed by atoms with Gasteiger partial charge in [0.05, 0.1) is 12.1 Å². The molecule has 2 unspecified atom stereocenters. The summed E-state index contributed by atoms with van der Waals surface area (Å²) in [6.07, 6.45) is -4.53. The van der Waals surface area contributed by atoms with Crippen LogP contribution in [0.15, 0.2) is 24.3 Å². The summed E-state index contributed by atoms with van der Waals surface area (Å²) in [6, 6.07) is 1.71. The molecule has 1 amide bonds. The SMILES string of the molecule is O=C(Nc1cccc(C(F)(F)F)c1)C1NNCC1[N+](=O)[O-]. The van der Waals surface area contributed by atoms with E-state index in [2.05, 4.69) is 16.2 Å². The lowest BCUT2D eigenvalue weighted by Crippen LogP contribution is -2.46. The summed E-state index contributed by atoms with van der Waals surface area (Å²) in [5, 5.41) is 13.0. The minimum Gasteiger partial charge on any atom is -0.324 e. The van der Waals surface area contributed by atoms with Gasteiger partial charge in [0.2, 0.25) is 5.91 Å². The van der Waals surface area contributed by atoms with E-state index in [1.807, 2.05) is 0 Å². The predicted molar refractivity (Wildman–Crippen MR) is 65.8 cm³/mol. The Labute approximate surface area is 116 Å². The van der Waals surface area contributed by atoms with Gasteiger partial charge in [-0.15, -0.1) is 0 Å². The Morgan fingerprint density at radius 3 is 2.76 bits per heavy atom. The third-order valence-electron chi connectivity index (χ3n) is 2.96. The normalized spacial score (nSPS) is 22.0. The first-order chi connectivity index (χ1) is 9.79. The van der Waals surface area contributed by atoms with Gasteiger partial charge in [-0.05, 0) is 18.2 Å². The number of nitrogens with zero attached hydrogens (tertiary/aromatic N) is 1. The number of benzene rings is 1. The molecule has 2 rings (SSSR count). The minimum atomic E-state index is -4.53. The van der Waals surface area contributed by atoms with Crippen LogP contribution in [-0.4, -0.2) is 29.5 Å². The van der Waals surface area contributed by atoms with Crippen LogP contribution in [-0.2, 0) is 11.0 Å². The van der Waals surface area contributed by atoms with Crippen LogP contribution < -0.4 is 16.2 Å². The average Bonchev–Trinajstić information content (AvgIpc) is 2.87. The Kier molecular flexibility index (Phi) is 4.09. The van der Waals surface area contributed by atoms with Crippen molar-refractivity contribution in [1.29, 1.82) is 0 Å². The Balaban J connectivity index is 2.11. The number of amides is 1. The van der Waals surface area contributed by atoms with E-state index in [1.165, 1.54) is 6.07 Å². The molecule has 1 heterocycles. The molecule has 0 spiro atoms. The van der Waals surface area contributed by atoms with Crippen LogP contribution in [0, 0.1) is 10.1 Å². The summed E-state index contributed by atoms with van der Waals surface area (Å²) in [5.41, 5.74) is 3.91. The van der Waals surface area contributed by atoms with Crippen molar-refractivity contribution in [2.75, 3.05) is 11.9 Å². The van der Waals surface area contributed by atoms with Crippen LogP contribution >= 0.6 is 0 Å². The van der Waals surface area contributed by atoms with Crippen LogP contribution in [0.2, 0.25) is 0 Å². The molecule has 1 saturated heterocycles. The van der Waals surface area contributed by atoms with Crippen molar-refractivity contribution in [2.45, 2.75) is 18.3 Å². The third-order valence-corrected chi connectivity index (χ3v) is 2.96. The number of alkyl halides is 3. The second-order valence-corrected chi connectivity index (χ2v) is 4.42. The summed E-state index contributed by atoms with van der Waals surface area (Å²) >= 11 is 0. The number of carbonyl (C=O) groups is 1. The molecular weight excluding hydrogens is 293 g/mol. The number of rotatable bonds is 3. The monoisotopic (exact) mass is 304 g/mol. The molecular formula is C11H11F3N4O3. The molecule has 2 atom stereocenters. The molecule has 1 aliphatic rings. The Bertz CT molecular complexity index is 564. The highest BCUT2D eigenvalue weighted by molar-refractivity contribution is 5.95. The summed E-state index contributed by atoms with van der Waals surface area (Å²) in [7, 11) is 0. The van der Waals surface area contributed by atoms with E-state index in [0.29, 0.717) is 0 Å². The molecule has 0 bridgehead atoms. The van der Waals surface area contributed by atoms with Crippen molar-refractivity contribution in [3.8, 4) is 0 Å². The molecule has 0 saturated carbocycles. The van der Waals surface area contributed by atoms with E-state index in [9.17, 15) is 28.1 Å². The molecule has 0 radical (unpaired) electrons. The first kappa shape index (κ1) is 15.2. The van der Waals surface area contributed by atoms with Crippen molar-refractivity contribution in [1.82, 2.24) is 10.9 Å². The molecule has 114 valence electrons. The fraction of sp³-hybridized carbons (Fsp3) is 0.364. The van der Waals surface area contributed by atoms with Gasteiger partial charge in [0.1, 0.15) is 0 Å². The molecule has 10 heteroatoms. The van der Waals surface area contributed by atoms with E-state index >= 15 is 0 Å². The molecule has 0 aromatic heterocycles. The Morgan fingerprint density at radius 1 is 1.43 bits per heavy atom. The highest BCUT2D eigenvalue weighted by atomic mass is 19.4. The van der Waals surface area contributed by atoms with Gasteiger partial charge < -0.3 is 5.32 Å². The Hall–Kier alpha value is -2.20. The van der Waals surface area contributed by atoms with Crippen molar-refractivity contribution in [3.05, 3.63) is 39.9 Å². The van der Waals surface area contributed by atoms with Gasteiger partial charge in [-0.25, -0.2) is 10.9 Å². The lowest BCUT2D eigenvalue weighted by Gasteiger charge is -2.14. The fourth-order valence-corrected chi connectivity index (χ4v) is 1.92. The van der Waals surface area contributed by atoms with Crippen molar-refractivity contribution < 1.29 is 22.9 Å². The quantitative estimate of drug-likeness (QED) is 0.566. The van der Waals surface area contributed by atoms with E-state index in [-0.39, 0.29) is 12.2 Å². The van der Waals surface area contributed by atoms with E-state index < -0.39 is 34.7 Å². The van der Waals surface area contributed by atoms with Crippen LogP contribution in [0.5, 0.6) is 0 Å². The lowest BCUT2D eigenvalue weighted by molar-refractivity contribution is -0.517. The second kappa shape index (κ2) is 5.66. The average molecular weight is 304 g/mol. The number of halogens is 3. The number of hydrazine groups is 1. The largest absolute Gasteiger partial charge is 0.416 e. The maximum Gasteiger partial charge on any atom is 0.416 e. The molecule has 3 N–H and O–H groups in total. The lowest BCUT2D eigenvalue weighted by atomic mass is 10.1. The predicted octanol–water partition coefficient (Wildman–Crippen LogP) is 0.766. The zero-order valence-corrected chi connectivity index (χ0v) is 10.5. The highest BCUT2D eigenvalue weighted by Crippen LogP contribution is 2.30. The van der Waals surface area contributed by atoms with Crippen molar-refractivity contribution in [2.24, 2.45) is 0 Å². The summed E-state index contributed by atoms with van der Waals surface area (Å²) in [5.74, 6) is -0.777. The highest BCUT2D eigenvalue weighted by Gasteiger charge is 2.41. The minimum absolute atomic E-state index is 0.0479. The number of hydrogen-bond donors (Lipinski definition) is 3. The number of nitro groups is 1. The molecule has 0 aliphatic carbocycles. The number of anilines is 1. The first-order valence-electron chi connectivity index (χ1n) is 5.89. The summed E-state index contributed by atoms with van der Waals surface area (Å²) < 4.78 is 37.6. The van der Waals surface area contributed by atoms with Crippen molar-refractivity contribution in [3.63, 3.8) is 0 Å². The zero-order chi connectivity index (χ0) is 15.6. The third kappa shape index (κ3) is 3.47. The molecule has 1 fully saturated rings. The van der Waals surface area contributed by atoms with E-state index in [1.54, 1.807) is 0 Å². The molecule has 1 aliphatic heterocycles. The molecule has 7 nitrogen and oxygen atoms in total. The van der Waals surface area contributed by atoms with Gasteiger partial charge in [-0.2, -0.15) is 13.2 Å². The van der Waals surface area contributed by atoms with Crippen LogP contribution in [0.4, 0.5) is 18.9 Å². The van der Waals surface area contributed by atoms with Gasteiger partial charge in [0.15, 0.2) is 6.04 Å². The van der Waals surface area contributed by atoms with Gasteiger partial charge in [0, 0.05) is 10.6 Å². The molecule has 1 aromatic rings. The van der Waals surface area contributed by atoms with Crippen LogP contribution in [0.3, 0.4) is 0 Å². The van der Waals surface area contributed by atoms with Gasteiger partial charge in [-0.3, -0.25) is 14.9 Å². The summed E-state index contributed by atoms with van der Waals surface area (Å²) in [6.45, 7) is -0.0479. The van der Waals surface area contributed by atoms with Gasteiger partial charge in [0.25, 0.3) is 6.04 Å². The van der Waals surface area contributed by atoms with Gasteiger partial charge >= 0.3 is 6.18 Å². The molecule has 1 aromatic carbocycles. The van der Waals surface area contributed by atoms with E-state index in [0.717, 1.165) is 18.2 Å². The standard InChI is InChI=1S/C11H11F3N4O3/c12-11(13,14)6-2-1-3-7(4-6)16-10(19)9-8(18(20)21)5-15-17-9/h1-4,8-9,15,17H,5H2,(H,16,19). The van der Waals surface area contributed by atoms with Crippen molar-refractivity contribution >= 4 is 11.6 Å². The maximum absolute atomic E-state index is 12.5. The topological polar surface area (TPSA) is 96.3 Å². The number of carbonyl (C=O) groups excluding carboxylic acids is 1. The summed E-state index contributed by atoms with van der Waals surface area (Å²) in [4.78, 5) is 22.0. The fourth-order valence-electron chi connectivity index (χ4n) is 1.92. The Morgan fingerprint density at radius 2 is 2.14 bits per heavy atom. The second-order valence-electron chi connectivity index (χ2n) is 4.42. The van der Waals surface area contributed by atoms with Crippen LogP contribution in [0.25, 0.3) is 0 Å². The van der Waals surface area contributed by atoms with Gasteiger partial charge in [-0.1, -0.05) is 6.07 Å². The van der Waals surface area contributed by atoms with E-state index in [4.69, 9.17) is 0 Å². The molecule has 21 heavy (non-hydrogen) atoms.